The van der Waals surface area contributed by atoms with Crippen LogP contribution in [-0.4, -0.2) is 13.1 Å². The standard InChI is InChI=1S/C18H27NSi/c1-14(2)11-16-12-17(15-9-7-6-8-10-15)19-13-18(16)20(3,4)5/h6-9,12-15H,10-11H2,1-5H3. The fourth-order valence-corrected chi connectivity index (χ4v) is 4.39. The van der Waals surface area contributed by atoms with Crippen LogP contribution in [0.5, 0.6) is 0 Å². The number of allylic oxidation sites excluding steroid dienone is 4. The van der Waals surface area contributed by atoms with Gasteiger partial charge in [0, 0.05) is 17.8 Å². The Balaban J connectivity index is 2.37. The number of pyridine rings is 1. The normalized spacial score (nSPS) is 18.8. The molecule has 1 aromatic rings. The minimum absolute atomic E-state index is 0.460. The molecule has 0 radical (unpaired) electrons. The molecule has 1 aliphatic carbocycles. The van der Waals surface area contributed by atoms with Crippen molar-refractivity contribution in [3.8, 4) is 0 Å². The van der Waals surface area contributed by atoms with Crippen molar-refractivity contribution in [1.82, 2.24) is 4.98 Å². The molecule has 2 rings (SSSR count). The summed E-state index contributed by atoms with van der Waals surface area (Å²) in [5, 5.41) is 1.53. The van der Waals surface area contributed by atoms with Crippen molar-refractivity contribution in [3.05, 3.63) is 47.8 Å². The Morgan fingerprint density at radius 3 is 2.55 bits per heavy atom. The highest BCUT2D eigenvalue weighted by Gasteiger charge is 2.22. The molecule has 0 saturated carbocycles. The molecule has 1 aromatic heterocycles. The zero-order chi connectivity index (χ0) is 14.8. The second-order valence-electron chi connectivity index (χ2n) is 7.27. The summed E-state index contributed by atoms with van der Waals surface area (Å²) >= 11 is 0. The summed E-state index contributed by atoms with van der Waals surface area (Å²) in [4.78, 5) is 4.79. The van der Waals surface area contributed by atoms with E-state index in [9.17, 15) is 0 Å². The van der Waals surface area contributed by atoms with Crippen LogP contribution in [0.2, 0.25) is 19.6 Å². The molecular weight excluding hydrogens is 258 g/mol. The van der Waals surface area contributed by atoms with Crippen LogP contribution >= 0.6 is 0 Å². The summed E-state index contributed by atoms with van der Waals surface area (Å²) in [6.07, 6.45) is 13.2. The molecule has 1 unspecified atom stereocenters. The van der Waals surface area contributed by atoms with E-state index in [0.717, 1.165) is 6.42 Å². The molecule has 0 aromatic carbocycles. The molecule has 1 nitrogen and oxygen atoms in total. The van der Waals surface area contributed by atoms with Gasteiger partial charge in [-0.3, -0.25) is 4.98 Å². The molecule has 1 atom stereocenters. The van der Waals surface area contributed by atoms with Crippen molar-refractivity contribution in [2.45, 2.75) is 52.2 Å². The van der Waals surface area contributed by atoms with E-state index in [1.54, 1.807) is 0 Å². The van der Waals surface area contributed by atoms with Crippen molar-refractivity contribution < 1.29 is 0 Å². The molecule has 1 aliphatic rings. The van der Waals surface area contributed by atoms with E-state index in [1.807, 2.05) is 0 Å². The van der Waals surface area contributed by atoms with E-state index >= 15 is 0 Å². The minimum atomic E-state index is -1.31. The molecule has 2 heteroatoms. The van der Waals surface area contributed by atoms with Crippen molar-refractivity contribution in [1.29, 1.82) is 0 Å². The molecule has 0 saturated heterocycles. The van der Waals surface area contributed by atoms with Gasteiger partial charge >= 0.3 is 0 Å². The Kier molecular flexibility index (Phi) is 4.64. The molecule has 20 heavy (non-hydrogen) atoms. The van der Waals surface area contributed by atoms with Crippen LogP contribution in [0.1, 0.15) is 37.4 Å². The quantitative estimate of drug-likeness (QED) is 0.746. The highest BCUT2D eigenvalue weighted by Crippen LogP contribution is 2.24. The monoisotopic (exact) mass is 285 g/mol. The average molecular weight is 286 g/mol. The van der Waals surface area contributed by atoms with E-state index in [2.05, 4.69) is 70.1 Å². The lowest BCUT2D eigenvalue weighted by Crippen LogP contribution is -2.41. The topological polar surface area (TPSA) is 12.9 Å². The van der Waals surface area contributed by atoms with Gasteiger partial charge in [-0.25, -0.2) is 0 Å². The predicted molar refractivity (Wildman–Crippen MR) is 91.4 cm³/mol. The van der Waals surface area contributed by atoms with Gasteiger partial charge in [-0.15, -0.1) is 0 Å². The van der Waals surface area contributed by atoms with Crippen LogP contribution in [0, 0.1) is 5.92 Å². The van der Waals surface area contributed by atoms with E-state index in [1.165, 1.54) is 22.9 Å². The Bertz CT molecular complexity index is 521. The first-order chi connectivity index (χ1) is 9.38. The van der Waals surface area contributed by atoms with Gasteiger partial charge in [-0.1, -0.05) is 57.8 Å². The second-order valence-corrected chi connectivity index (χ2v) is 12.3. The highest BCUT2D eigenvalue weighted by atomic mass is 28.3. The van der Waals surface area contributed by atoms with Crippen molar-refractivity contribution in [3.63, 3.8) is 0 Å². The summed E-state index contributed by atoms with van der Waals surface area (Å²) in [6, 6.07) is 2.38. The van der Waals surface area contributed by atoms with Crippen molar-refractivity contribution >= 4 is 13.3 Å². The van der Waals surface area contributed by atoms with Gasteiger partial charge < -0.3 is 0 Å². The number of rotatable bonds is 4. The van der Waals surface area contributed by atoms with E-state index < -0.39 is 8.07 Å². The molecule has 0 fully saturated rings. The summed E-state index contributed by atoms with van der Waals surface area (Å²) in [5.41, 5.74) is 2.77. The van der Waals surface area contributed by atoms with Gasteiger partial charge in [0.15, 0.2) is 0 Å². The predicted octanol–water partition coefficient (Wildman–Crippen LogP) is 4.43. The SMILES string of the molecule is CC(C)Cc1cc(C2C=CC=CC2)ncc1[Si](C)(C)C. The van der Waals surface area contributed by atoms with Crippen molar-refractivity contribution in [2.24, 2.45) is 5.92 Å². The molecule has 0 amide bonds. The van der Waals surface area contributed by atoms with E-state index in [-0.39, 0.29) is 0 Å². The number of aromatic nitrogens is 1. The van der Waals surface area contributed by atoms with Gasteiger partial charge in [-0.2, -0.15) is 0 Å². The zero-order valence-corrected chi connectivity index (χ0v) is 14.5. The molecule has 108 valence electrons. The molecule has 1 heterocycles. The third-order valence-electron chi connectivity index (χ3n) is 3.81. The van der Waals surface area contributed by atoms with E-state index in [0.29, 0.717) is 11.8 Å². The summed E-state index contributed by atoms with van der Waals surface area (Å²) in [6.45, 7) is 11.8. The van der Waals surface area contributed by atoms with Gasteiger partial charge in [0.2, 0.25) is 0 Å². The Morgan fingerprint density at radius 1 is 1.25 bits per heavy atom. The Morgan fingerprint density at radius 2 is 2.00 bits per heavy atom. The van der Waals surface area contributed by atoms with Gasteiger partial charge in [0.05, 0.1) is 8.07 Å². The number of nitrogens with zero attached hydrogens (tertiary/aromatic N) is 1. The fourth-order valence-electron chi connectivity index (χ4n) is 2.80. The van der Waals surface area contributed by atoms with Gasteiger partial charge in [-0.05, 0) is 35.6 Å². The maximum absolute atomic E-state index is 4.79. The highest BCUT2D eigenvalue weighted by molar-refractivity contribution is 6.89. The van der Waals surface area contributed by atoms with Crippen LogP contribution in [-0.2, 0) is 6.42 Å². The van der Waals surface area contributed by atoms with Crippen LogP contribution < -0.4 is 5.19 Å². The molecular formula is C18H27NSi. The lowest BCUT2D eigenvalue weighted by Gasteiger charge is -2.23. The molecule has 0 N–H and O–H groups in total. The number of hydrogen-bond donors (Lipinski definition) is 0. The first-order valence-electron chi connectivity index (χ1n) is 7.70. The third-order valence-corrected chi connectivity index (χ3v) is 5.87. The first kappa shape index (κ1) is 15.2. The molecule has 0 aliphatic heterocycles. The maximum atomic E-state index is 4.79. The molecule has 0 spiro atoms. The second kappa shape index (κ2) is 6.09. The zero-order valence-electron chi connectivity index (χ0n) is 13.5. The molecule has 0 bridgehead atoms. The smallest absolute Gasteiger partial charge is 0.0799 e. The van der Waals surface area contributed by atoms with E-state index in [4.69, 9.17) is 4.98 Å². The van der Waals surface area contributed by atoms with Crippen LogP contribution in [0.3, 0.4) is 0 Å². The summed E-state index contributed by atoms with van der Waals surface area (Å²) in [5.74, 6) is 1.16. The average Bonchev–Trinajstić information content (AvgIpc) is 2.37. The Labute approximate surface area is 124 Å². The fraction of sp³-hybridized carbons (Fsp3) is 0.500. The lowest BCUT2D eigenvalue weighted by molar-refractivity contribution is 0.646. The summed E-state index contributed by atoms with van der Waals surface area (Å²) < 4.78 is 0. The van der Waals surface area contributed by atoms with Crippen molar-refractivity contribution in [2.75, 3.05) is 0 Å². The van der Waals surface area contributed by atoms with Gasteiger partial charge in [0.25, 0.3) is 0 Å². The Hall–Kier alpha value is -1.15. The minimum Gasteiger partial charge on any atom is -0.261 e. The summed E-state index contributed by atoms with van der Waals surface area (Å²) in [7, 11) is -1.31. The van der Waals surface area contributed by atoms with Crippen LogP contribution in [0.4, 0.5) is 0 Å². The number of hydrogen-bond acceptors (Lipinski definition) is 1. The van der Waals surface area contributed by atoms with Crippen LogP contribution in [0.15, 0.2) is 36.6 Å². The maximum Gasteiger partial charge on any atom is 0.0799 e. The third kappa shape index (κ3) is 3.69. The van der Waals surface area contributed by atoms with Gasteiger partial charge in [0.1, 0.15) is 0 Å². The van der Waals surface area contributed by atoms with Crippen LogP contribution in [0.25, 0.3) is 0 Å². The first-order valence-corrected chi connectivity index (χ1v) is 11.2. The largest absolute Gasteiger partial charge is 0.261 e. The lowest BCUT2D eigenvalue weighted by atomic mass is 9.94.